The number of hydrogen-bond acceptors (Lipinski definition) is 2. The number of nitriles is 1. The van der Waals surface area contributed by atoms with Crippen molar-refractivity contribution >= 4 is 23.3 Å². The Kier molecular flexibility index (Phi) is 4.22. The summed E-state index contributed by atoms with van der Waals surface area (Å²) in [5, 5.41) is 9.93. The van der Waals surface area contributed by atoms with E-state index in [2.05, 4.69) is 6.07 Å². The lowest BCUT2D eigenvalue weighted by Crippen LogP contribution is -1.85. The highest BCUT2D eigenvalue weighted by atomic mass is 35.5. The zero-order chi connectivity index (χ0) is 13.7. The third-order valence-electron chi connectivity index (χ3n) is 2.70. The van der Waals surface area contributed by atoms with Gasteiger partial charge in [-0.05, 0) is 53.6 Å². The Labute approximate surface area is 117 Å². The smallest absolute Gasteiger partial charge is 0.118 e. The van der Waals surface area contributed by atoms with E-state index in [4.69, 9.17) is 16.3 Å². The first-order valence-corrected chi connectivity index (χ1v) is 6.12. The van der Waals surface area contributed by atoms with Crippen molar-refractivity contribution in [2.24, 2.45) is 0 Å². The summed E-state index contributed by atoms with van der Waals surface area (Å²) in [4.78, 5) is 0. The van der Waals surface area contributed by atoms with Crippen LogP contribution in [0.3, 0.4) is 0 Å². The first-order chi connectivity index (χ1) is 9.22. The Morgan fingerprint density at radius 1 is 1.11 bits per heavy atom. The van der Waals surface area contributed by atoms with E-state index < -0.39 is 0 Å². The minimum absolute atomic E-state index is 0.602. The number of rotatable bonds is 3. The monoisotopic (exact) mass is 269 g/mol. The molecule has 0 N–H and O–H groups in total. The van der Waals surface area contributed by atoms with Crippen LogP contribution in [-0.4, -0.2) is 7.11 Å². The highest BCUT2D eigenvalue weighted by molar-refractivity contribution is 6.30. The lowest BCUT2D eigenvalue weighted by molar-refractivity contribution is 0.415. The van der Waals surface area contributed by atoms with Gasteiger partial charge in [-0.15, -0.1) is 0 Å². The van der Waals surface area contributed by atoms with Crippen LogP contribution < -0.4 is 4.74 Å². The molecule has 0 fully saturated rings. The fraction of sp³-hybridized carbons (Fsp3) is 0.0625. The molecule has 19 heavy (non-hydrogen) atoms. The van der Waals surface area contributed by atoms with Gasteiger partial charge in [-0.2, -0.15) is 5.26 Å². The van der Waals surface area contributed by atoms with Gasteiger partial charge in [0.2, 0.25) is 0 Å². The third-order valence-corrected chi connectivity index (χ3v) is 2.95. The van der Waals surface area contributed by atoms with Crippen molar-refractivity contribution in [1.29, 1.82) is 5.26 Å². The van der Waals surface area contributed by atoms with Crippen LogP contribution >= 0.6 is 11.6 Å². The van der Waals surface area contributed by atoms with Gasteiger partial charge in [0.1, 0.15) is 5.75 Å². The molecule has 0 amide bonds. The largest absolute Gasteiger partial charge is 0.497 e. The van der Waals surface area contributed by atoms with Crippen LogP contribution in [0, 0.1) is 11.3 Å². The van der Waals surface area contributed by atoms with E-state index in [9.17, 15) is 5.26 Å². The first-order valence-electron chi connectivity index (χ1n) is 5.75. The van der Waals surface area contributed by atoms with Crippen molar-refractivity contribution in [3.63, 3.8) is 0 Å². The predicted molar refractivity (Wildman–Crippen MR) is 77.9 cm³/mol. The summed E-state index contributed by atoms with van der Waals surface area (Å²) in [6.45, 7) is 0. The highest BCUT2D eigenvalue weighted by Crippen LogP contribution is 2.21. The van der Waals surface area contributed by atoms with Gasteiger partial charge in [0.05, 0.1) is 18.8 Å². The van der Waals surface area contributed by atoms with Crippen LogP contribution in [0.5, 0.6) is 5.75 Å². The average molecular weight is 270 g/mol. The lowest BCUT2D eigenvalue weighted by Gasteiger charge is -2.02. The molecular formula is C16H12ClNO. The maximum Gasteiger partial charge on any atom is 0.118 e. The molecule has 0 aromatic heterocycles. The van der Waals surface area contributed by atoms with E-state index in [0.29, 0.717) is 10.6 Å². The Morgan fingerprint density at radius 2 is 1.74 bits per heavy atom. The summed E-state index contributed by atoms with van der Waals surface area (Å²) < 4.78 is 5.10. The fourth-order valence-corrected chi connectivity index (χ4v) is 1.80. The second-order valence-electron chi connectivity index (χ2n) is 3.95. The predicted octanol–water partition coefficient (Wildman–Crippen LogP) is 4.41. The van der Waals surface area contributed by atoms with Gasteiger partial charge in [-0.25, -0.2) is 0 Å². The number of ether oxygens (including phenoxy) is 1. The number of hydrogen-bond donors (Lipinski definition) is 0. The summed E-state index contributed by atoms with van der Waals surface area (Å²) in [6.07, 6.45) is 1.83. The minimum atomic E-state index is 0.602. The molecule has 0 saturated carbocycles. The van der Waals surface area contributed by atoms with Crippen molar-refractivity contribution in [2.75, 3.05) is 7.11 Å². The molecule has 0 aliphatic rings. The molecule has 0 radical (unpaired) electrons. The highest BCUT2D eigenvalue weighted by Gasteiger charge is 2.01. The maximum atomic E-state index is 9.25. The average Bonchev–Trinajstić information content (AvgIpc) is 2.47. The minimum Gasteiger partial charge on any atom is -0.497 e. The normalized spacial score (nSPS) is 10.9. The third kappa shape index (κ3) is 3.37. The molecular weight excluding hydrogens is 258 g/mol. The summed E-state index contributed by atoms with van der Waals surface area (Å²) in [7, 11) is 1.61. The fourth-order valence-electron chi connectivity index (χ4n) is 1.68. The van der Waals surface area contributed by atoms with Crippen LogP contribution in [0.2, 0.25) is 5.02 Å². The van der Waals surface area contributed by atoms with E-state index in [1.807, 2.05) is 42.5 Å². The zero-order valence-electron chi connectivity index (χ0n) is 10.4. The second-order valence-corrected chi connectivity index (χ2v) is 4.39. The van der Waals surface area contributed by atoms with E-state index in [0.717, 1.165) is 16.9 Å². The van der Waals surface area contributed by atoms with Crippen LogP contribution in [0.25, 0.3) is 11.6 Å². The molecule has 0 heterocycles. The topological polar surface area (TPSA) is 33.0 Å². The van der Waals surface area contributed by atoms with E-state index in [-0.39, 0.29) is 0 Å². The summed E-state index contributed by atoms with van der Waals surface area (Å²) >= 11 is 5.83. The molecule has 2 aromatic rings. The summed E-state index contributed by atoms with van der Waals surface area (Å²) in [5.74, 6) is 0.771. The molecule has 2 nitrogen and oxygen atoms in total. The molecule has 2 rings (SSSR count). The van der Waals surface area contributed by atoms with E-state index in [1.165, 1.54) is 0 Å². The number of benzene rings is 2. The van der Waals surface area contributed by atoms with Crippen molar-refractivity contribution in [1.82, 2.24) is 0 Å². The van der Waals surface area contributed by atoms with Gasteiger partial charge < -0.3 is 4.74 Å². The molecule has 0 spiro atoms. The van der Waals surface area contributed by atoms with Gasteiger partial charge in [0.15, 0.2) is 0 Å². The van der Waals surface area contributed by atoms with Gasteiger partial charge >= 0.3 is 0 Å². The molecule has 94 valence electrons. The van der Waals surface area contributed by atoms with Crippen molar-refractivity contribution < 1.29 is 4.74 Å². The number of nitrogens with zero attached hydrogens (tertiary/aromatic N) is 1. The lowest BCUT2D eigenvalue weighted by atomic mass is 10.0. The Morgan fingerprint density at radius 3 is 2.26 bits per heavy atom. The number of halogens is 1. The molecule has 3 heteroatoms. The van der Waals surface area contributed by atoms with Gasteiger partial charge in [-0.3, -0.25) is 0 Å². The van der Waals surface area contributed by atoms with Crippen LogP contribution in [0.1, 0.15) is 11.1 Å². The summed E-state index contributed by atoms with van der Waals surface area (Å²) in [6, 6.07) is 17.0. The van der Waals surface area contributed by atoms with Crippen molar-refractivity contribution in [2.45, 2.75) is 0 Å². The number of allylic oxidation sites excluding steroid dienone is 1. The second kappa shape index (κ2) is 6.08. The standard InChI is InChI=1S/C16H12ClNO/c1-19-16-8-4-13(5-9-16)14(11-18)10-12-2-6-15(17)7-3-12/h2-10H,1H3. The van der Waals surface area contributed by atoms with E-state index in [1.54, 1.807) is 19.2 Å². The molecule has 0 bridgehead atoms. The number of methoxy groups -OCH3 is 1. The van der Waals surface area contributed by atoms with Gasteiger partial charge in [0, 0.05) is 5.02 Å². The van der Waals surface area contributed by atoms with Crippen LogP contribution in [0.15, 0.2) is 48.5 Å². The molecule has 0 unspecified atom stereocenters. The van der Waals surface area contributed by atoms with Gasteiger partial charge in [0.25, 0.3) is 0 Å². The Balaban J connectivity index is 2.33. The SMILES string of the molecule is COc1ccc(C(C#N)=Cc2ccc(Cl)cc2)cc1. The quantitative estimate of drug-likeness (QED) is 0.611. The zero-order valence-corrected chi connectivity index (χ0v) is 11.2. The molecule has 0 atom stereocenters. The van der Waals surface area contributed by atoms with E-state index >= 15 is 0 Å². The first kappa shape index (κ1) is 13.2. The summed E-state index contributed by atoms with van der Waals surface area (Å²) in [5.41, 5.74) is 2.40. The maximum absolute atomic E-state index is 9.25. The van der Waals surface area contributed by atoms with Gasteiger partial charge in [-0.1, -0.05) is 23.7 Å². The Hall–Kier alpha value is -2.24. The molecule has 2 aromatic carbocycles. The van der Waals surface area contributed by atoms with Crippen molar-refractivity contribution in [3.8, 4) is 11.8 Å². The Bertz CT molecular complexity index is 621. The van der Waals surface area contributed by atoms with Crippen LogP contribution in [-0.2, 0) is 0 Å². The molecule has 0 aliphatic carbocycles. The van der Waals surface area contributed by atoms with Crippen molar-refractivity contribution in [3.05, 3.63) is 64.7 Å². The molecule has 0 aliphatic heterocycles. The van der Waals surface area contributed by atoms with Crippen LogP contribution in [0.4, 0.5) is 0 Å². The molecule has 0 saturated heterocycles.